The predicted molar refractivity (Wildman–Crippen MR) is 54.8 cm³/mol. The zero-order valence-electron chi connectivity index (χ0n) is 8.57. The summed E-state index contributed by atoms with van der Waals surface area (Å²) in [5, 5.41) is 9.17. The van der Waals surface area contributed by atoms with Gasteiger partial charge in [-0.05, 0) is 31.8 Å². The molecule has 0 radical (unpaired) electrons. The van der Waals surface area contributed by atoms with Crippen LogP contribution >= 0.6 is 0 Å². The van der Waals surface area contributed by atoms with E-state index in [-0.39, 0.29) is 18.3 Å². The molecule has 0 bridgehead atoms. The van der Waals surface area contributed by atoms with E-state index in [0.717, 1.165) is 12.1 Å². The van der Waals surface area contributed by atoms with Crippen molar-refractivity contribution in [3.63, 3.8) is 0 Å². The summed E-state index contributed by atoms with van der Waals surface area (Å²) >= 11 is 0. The minimum Gasteiger partial charge on any atom is -0.396 e. The van der Waals surface area contributed by atoms with E-state index in [2.05, 4.69) is 0 Å². The molecule has 1 N–H and O–H groups in total. The van der Waals surface area contributed by atoms with Crippen LogP contribution in [0.3, 0.4) is 0 Å². The molecule has 0 saturated carbocycles. The summed E-state index contributed by atoms with van der Waals surface area (Å²) in [5.74, 6) is -0.264. The number of aliphatic hydroxyl groups excluding tert-OH is 1. The minimum absolute atomic E-state index is 0.0132. The maximum Gasteiger partial charge on any atom is 0.123 e. The van der Waals surface area contributed by atoms with E-state index in [1.54, 1.807) is 6.07 Å². The van der Waals surface area contributed by atoms with Crippen molar-refractivity contribution in [2.75, 3.05) is 27.2 Å². The number of halogens is 1. The fourth-order valence-corrected chi connectivity index (χ4v) is 1.47. The molecule has 0 aliphatic rings. The third-order valence-corrected chi connectivity index (χ3v) is 2.13. The Labute approximate surface area is 84.0 Å². The van der Waals surface area contributed by atoms with Gasteiger partial charge in [-0.1, -0.05) is 12.1 Å². The molecule has 0 aliphatic heterocycles. The first-order valence-electron chi connectivity index (χ1n) is 4.64. The second-order valence-corrected chi connectivity index (χ2v) is 3.70. The summed E-state index contributed by atoms with van der Waals surface area (Å²) in [6.45, 7) is 0.765. The molecule has 0 saturated heterocycles. The van der Waals surface area contributed by atoms with Crippen molar-refractivity contribution in [1.29, 1.82) is 0 Å². The molecule has 0 aliphatic carbocycles. The van der Waals surface area contributed by atoms with Gasteiger partial charge in [0.15, 0.2) is 0 Å². The first-order chi connectivity index (χ1) is 6.63. The van der Waals surface area contributed by atoms with Crippen LogP contribution in [0.2, 0.25) is 0 Å². The molecular formula is C11H16FNO. The van der Waals surface area contributed by atoms with E-state index >= 15 is 0 Å². The quantitative estimate of drug-likeness (QED) is 0.790. The van der Waals surface area contributed by atoms with Crippen LogP contribution < -0.4 is 0 Å². The number of hydrogen-bond acceptors (Lipinski definition) is 2. The second-order valence-electron chi connectivity index (χ2n) is 3.70. The van der Waals surface area contributed by atoms with Crippen molar-refractivity contribution in [2.45, 2.75) is 5.92 Å². The third kappa shape index (κ3) is 3.09. The monoisotopic (exact) mass is 197 g/mol. The van der Waals surface area contributed by atoms with Crippen LogP contribution in [0.1, 0.15) is 11.5 Å². The maximum absolute atomic E-state index is 12.9. The molecule has 3 heteroatoms. The molecule has 1 aromatic carbocycles. The lowest BCUT2D eigenvalue weighted by molar-refractivity contribution is 0.234. The topological polar surface area (TPSA) is 23.5 Å². The maximum atomic E-state index is 12.9. The van der Waals surface area contributed by atoms with Gasteiger partial charge in [-0.2, -0.15) is 0 Å². The highest BCUT2D eigenvalue weighted by molar-refractivity contribution is 5.21. The van der Waals surface area contributed by atoms with E-state index in [0.29, 0.717) is 0 Å². The highest BCUT2D eigenvalue weighted by Gasteiger charge is 2.11. The Morgan fingerprint density at radius 1 is 1.43 bits per heavy atom. The second kappa shape index (κ2) is 5.08. The molecule has 1 rings (SSSR count). The fraction of sp³-hybridized carbons (Fsp3) is 0.455. The fourth-order valence-electron chi connectivity index (χ4n) is 1.47. The van der Waals surface area contributed by atoms with Crippen molar-refractivity contribution in [3.8, 4) is 0 Å². The first-order valence-corrected chi connectivity index (χ1v) is 4.64. The molecule has 1 unspecified atom stereocenters. The Morgan fingerprint density at radius 3 is 2.64 bits per heavy atom. The summed E-state index contributed by atoms with van der Waals surface area (Å²) in [4.78, 5) is 1.98. The molecular weight excluding hydrogens is 181 g/mol. The molecule has 0 fully saturated rings. The van der Waals surface area contributed by atoms with E-state index in [1.165, 1.54) is 12.1 Å². The van der Waals surface area contributed by atoms with Gasteiger partial charge in [0, 0.05) is 12.5 Å². The Bertz CT molecular complexity index is 288. The number of benzene rings is 1. The van der Waals surface area contributed by atoms with E-state index < -0.39 is 0 Å². The van der Waals surface area contributed by atoms with Crippen molar-refractivity contribution in [1.82, 2.24) is 4.90 Å². The van der Waals surface area contributed by atoms with Gasteiger partial charge in [-0.15, -0.1) is 0 Å². The van der Waals surface area contributed by atoms with E-state index in [4.69, 9.17) is 0 Å². The van der Waals surface area contributed by atoms with Gasteiger partial charge >= 0.3 is 0 Å². The van der Waals surface area contributed by atoms with E-state index in [1.807, 2.05) is 25.1 Å². The summed E-state index contributed by atoms with van der Waals surface area (Å²) < 4.78 is 12.9. The predicted octanol–water partition coefficient (Wildman–Crippen LogP) is 1.46. The molecule has 0 spiro atoms. The largest absolute Gasteiger partial charge is 0.396 e. The third-order valence-electron chi connectivity index (χ3n) is 2.13. The summed E-state index contributed by atoms with van der Waals surface area (Å²) in [5.41, 5.74) is 0.848. The van der Waals surface area contributed by atoms with Crippen molar-refractivity contribution in [3.05, 3.63) is 35.6 Å². The minimum atomic E-state index is -0.250. The van der Waals surface area contributed by atoms with Crippen LogP contribution in [0.4, 0.5) is 4.39 Å². The number of aliphatic hydroxyl groups is 1. The Hall–Kier alpha value is -0.930. The summed E-state index contributed by atoms with van der Waals surface area (Å²) in [6.07, 6.45) is 0. The van der Waals surface area contributed by atoms with Crippen molar-refractivity contribution in [2.24, 2.45) is 0 Å². The molecule has 1 atom stereocenters. The van der Waals surface area contributed by atoms with E-state index in [9.17, 15) is 9.50 Å². The standard InChI is InChI=1S/C11H16FNO/c1-13(2)7-10(8-14)9-4-3-5-11(12)6-9/h3-6,10,14H,7-8H2,1-2H3. The Kier molecular flexibility index (Phi) is 4.04. The average molecular weight is 197 g/mol. The van der Waals surface area contributed by atoms with Gasteiger partial charge in [0.25, 0.3) is 0 Å². The molecule has 1 aromatic rings. The SMILES string of the molecule is CN(C)CC(CO)c1cccc(F)c1. The number of likely N-dealkylation sites (N-methyl/N-ethyl adjacent to an activating group) is 1. The Balaban J connectivity index is 2.78. The Morgan fingerprint density at radius 2 is 2.14 bits per heavy atom. The number of rotatable bonds is 4. The lowest BCUT2D eigenvalue weighted by Gasteiger charge is -2.19. The van der Waals surface area contributed by atoms with Crippen LogP contribution in [0, 0.1) is 5.82 Å². The molecule has 78 valence electrons. The molecule has 0 heterocycles. The van der Waals surface area contributed by atoms with Gasteiger partial charge < -0.3 is 10.0 Å². The van der Waals surface area contributed by atoms with Crippen LogP contribution in [0.25, 0.3) is 0 Å². The normalized spacial score (nSPS) is 13.2. The van der Waals surface area contributed by atoms with Crippen molar-refractivity contribution < 1.29 is 9.50 Å². The zero-order chi connectivity index (χ0) is 10.6. The van der Waals surface area contributed by atoms with Gasteiger partial charge in [0.05, 0.1) is 6.61 Å². The average Bonchev–Trinajstić information content (AvgIpc) is 2.14. The summed E-state index contributed by atoms with van der Waals surface area (Å²) in [6, 6.07) is 6.40. The van der Waals surface area contributed by atoms with Crippen LogP contribution in [-0.4, -0.2) is 37.3 Å². The molecule has 2 nitrogen and oxygen atoms in total. The van der Waals surface area contributed by atoms with Gasteiger partial charge in [-0.25, -0.2) is 4.39 Å². The lowest BCUT2D eigenvalue weighted by Crippen LogP contribution is -2.22. The van der Waals surface area contributed by atoms with Gasteiger partial charge in [0.1, 0.15) is 5.82 Å². The molecule has 0 aromatic heterocycles. The smallest absolute Gasteiger partial charge is 0.123 e. The highest BCUT2D eigenvalue weighted by Crippen LogP contribution is 2.16. The van der Waals surface area contributed by atoms with Crippen LogP contribution in [0.5, 0.6) is 0 Å². The highest BCUT2D eigenvalue weighted by atomic mass is 19.1. The van der Waals surface area contributed by atoms with Crippen LogP contribution in [-0.2, 0) is 0 Å². The van der Waals surface area contributed by atoms with Gasteiger partial charge in [-0.3, -0.25) is 0 Å². The zero-order valence-corrected chi connectivity index (χ0v) is 8.57. The van der Waals surface area contributed by atoms with Crippen molar-refractivity contribution >= 4 is 0 Å². The van der Waals surface area contributed by atoms with Crippen LogP contribution in [0.15, 0.2) is 24.3 Å². The lowest BCUT2D eigenvalue weighted by atomic mass is 9.99. The first kappa shape index (κ1) is 11.1. The summed E-state index contributed by atoms with van der Waals surface area (Å²) in [7, 11) is 3.86. The van der Waals surface area contributed by atoms with Gasteiger partial charge in [0.2, 0.25) is 0 Å². The number of hydrogen-bond donors (Lipinski definition) is 1. The molecule has 14 heavy (non-hydrogen) atoms. The number of nitrogens with zero attached hydrogens (tertiary/aromatic N) is 1. The molecule has 0 amide bonds.